The number of aromatic nitrogens is 2. The average molecular weight is 449 g/mol. The van der Waals surface area contributed by atoms with Gasteiger partial charge in [-0.05, 0) is 39.0 Å². The molecule has 0 unspecified atom stereocenters. The van der Waals surface area contributed by atoms with Gasteiger partial charge in [-0.15, -0.1) is 11.3 Å². The summed E-state index contributed by atoms with van der Waals surface area (Å²) < 4.78 is 11.7. The van der Waals surface area contributed by atoms with Crippen molar-refractivity contribution in [1.29, 1.82) is 0 Å². The summed E-state index contributed by atoms with van der Waals surface area (Å²) in [6.45, 7) is 6.76. The number of nitrogens with zero attached hydrogens (tertiary/aromatic N) is 2. The van der Waals surface area contributed by atoms with Crippen molar-refractivity contribution in [2.75, 3.05) is 23.8 Å². The first-order chi connectivity index (χ1) is 15.6. The highest BCUT2D eigenvalue weighted by molar-refractivity contribution is 7.18. The molecule has 0 aliphatic rings. The van der Waals surface area contributed by atoms with Gasteiger partial charge in [-0.1, -0.05) is 18.2 Å². The Labute approximate surface area is 190 Å². The van der Waals surface area contributed by atoms with E-state index < -0.39 is 0 Å². The van der Waals surface area contributed by atoms with Gasteiger partial charge in [0.25, 0.3) is 5.91 Å². The Morgan fingerprint density at radius 2 is 1.66 bits per heavy atom. The molecule has 0 aliphatic carbocycles. The number of carbonyl (C=O) groups is 1. The highest BCUT2D eigenvalue weighted by Crippen LogP contribution is 2.39. The monoisotopic (exact) mass is 448 g/mol. The summed E-state index contributed by atoms with van der Waals surface area (Å²) in [7, 11) is 0. The van der Waals surface area contributed by atoms with E-state index >= 15 is 0 Å². The van der Waals surface area contributed by atoms with Crippen LogP contribution in [0.25, 0.3) is 10.2 Å². The molecule has 4 rings (SSSR count). The molecule has 8 heteroatoms. The second kappa shape index (κ2) is 9.65. The van der Waals surface area contributed by atoms with Gasteiger partial charge in [-0.2, -0.15) is 0 Å². The van der Waals surface area contributed by atoms with Crippen molar-refractivity contribution in [1.82, 2.24) is 9.97 Å². The third-order valence-electron chi connectivity index (χ3n) is 4.67. The van der Waals surface area contributed by atoms with Crippen molar-refractivity contribution in [3.63, 3.8) is 0 Å². The number of carbonyl (C=O) groups excluding carboxylic acids is 1. The first-order valence-corrected chi connectivity index (χ1v) is 11.2. The SMILES string of the molecule is CCOc1cc(Nc2ncnc3sc(C)cc23)c(OCC)cc1NC(=O)c1ccccc1. The van der Waals surface area contributed by atoms with Crippen LogP contribution >= 0.6 is 11.3 Å². The Bertz CT molecular complexity index is 1240. The highest BCUT2D eigenvalue weighted by atomic mass is 32.1. The fourth-order valence-electron chi connectivity index (χ4n) is 3.29. The summed E-state index contributed by atoms with van der Waals surface area (Å²) >= 11 is 1.62. The molecule has 2 N–H and O–H groups in total. The summed E-state index contributed by atoms with van der Waals surface area (Å²) in [4.78, 5) is 23.6. The van der Waals surface area contributed by atoms with Crippen LogP contribution in [0.4, 0.5) is 17.2 Å². The number of aryl methyl sites for hydroxylation is 1. The molecule has 0 aliphatic heterocycles. The molecule has 0 saturated carbocycles. The number of thiophene rings is 1. The number of ether oxygens (including phenoxy) is 2. The number of nitrogens with one attached hydrogen (secondary N) is 2. The Morgan fingerprint density at radius 1 is 0.969 bits per heavy atom. The molecule has 2 aromatic heterocycles. The maximum atomic E-state index is 12.7. The van der Waals surface area contributed by atoms with E-state index in [0.29, 0.717) is 47.5 Å². The molecule has 7 nitrogen and oxygen atoms in total. The molecule has 0 atom stereocenters. The average Bonchev–Trinajstić information content (AvgIpc) is 3.18. The summed E-state index contributed by atoms with van der Waals surface area (Å²) in [5.41, 5.74) is 1.79. The zero-order valence-corrected chi connectivity index (χ0v) is 19.0. The fourth-order valence-corrected chi connectivity index (χ4v) is 4.14. The zero-order chi connectivity index (χ0) is 22.5. The Kier molecular flexibility index (Phi) is 6.51. The lowest BCUT2D eigenvalue weighted by Gasteiger charge is -2.18. The number of hydrogen-bond donors (Lipinski definition) is 2. The van der Waals surface area contributed by atoms with Gasteiger partial charge in [0.2, 0.25) is 0 Å². The summed E-state index contributed by atoms with van der Waals surface area (Å²) in [5, 5.41) is 7.24. The molecule has 0 fully saturated rings. The molecular formula is C24H24N4O3S. The minimum Gasteiger partial charge on any atom is -0.492 e. The van der Waals surface area contributed by atoms with Crippen molar-refractivity contribution in [2.24, 2.45) is 0 Å². The topological polar surface area (TPSA) is 85.4 Å². The lowest BCUT2D eigenvalue weighted by molar-refractivity contribution is 0.102. The van der Waals surface area contributed by atoms with Gasteiger partial charge in [0.15, 0.2) is 0 Å². The van der Waals surface area contributed by atoms with Crippen LogP contribution in [0.2, 0.25) is 0 Å². The number of amides is 1. The molecule has 2 heterocycles. The minimum absolute atomic E-state index is 0.221. The maximum Gasteiger partial charge on any atom is 0.255 e. The van der Waals surface area contributed by atoms with Crippen LogP contribution < -0.4 is 20.1 Å². The van der Waals surface area contributed by atoms with Crippen LogP contribution in [-0.2, 0) is 0 Å². The van der Waals surface area contributed by atoms with E-state index in [4.69, 9.17) is 9.47 Å². The second-order valence-corrected chi connectivity index (χ2v) is 8.19. The molecule has 32 heavy (non-hydrogen) atoms. The van der Waals surface area contributed by atoms with E-state index in [-0.39, 0.29) is 5.91 Å². The Morgan fingerprint density at radius 3 is 2.38 bits per heavy atom. The van der Waals surface area contributed by atoms with Crippen molar-refractivity contribution in [2.45, 2.75) is 20.8 Å². The first-order valence-electron chi connectivity index (χ1n) is 10.4. The lowest BCUT2D eigenvalue weighted by atomic mass is 10.2. The zero-order valence-electron chi connectivity index (χ0n) is 18.1. The quantitative estimate of drug-likeness (QED) is 0.355. The number of benzene rings is 2. The summed E-state index contributed by atoms with van der Waals surface area (Å²) in [6, 6.07) is 14.7. The molecule has 4 aromatic rings. The maximum absolute atomic E-state index is 12.7. The van der Waals surface area contributed by atoms with Crippen LogP contribution in [-0.4, -0.2) is 29.1 Å². The fraction of sp³-hybridized carbons (Fsp3) is 0.208. The largest absolute Gasteiger partial charge is 0.492 e. The second-order valence-electron chi connectivity index (χ2n) is 6.95. The van der Waals surface area contributed by atoms with E-state index in [1.54, 1.807) is 35.9 Å². The van der Waals surface area contributed by atoms with Crippen LogP contribution in [0.1, 0.15) is 29.1 Å². The predicted octanol–water partition coefficient (Wildman–Crippen LogP) is 5.79. The van der Waals surface area contributed by atoms with Crippen LogP contribution in [0, 0.1) is 6.92 Å². The van der Waals surface area contributed by atoms with Gasteiger partial charge in [0, 0.05) is 22.6 Å². The van der Waals surface area contributed by atoms with Gasteiger partial charge in [0.05, 0.1) is 30.0 Å². The number of fused-ring (bicyclic) bond motifs is 1. The molecule has 0 radical (unpaired) electrons. The summed E-state index contributed by atoms with van der Waals surface area (Å²) in [6.07, 6.45) is 1.54. The molecule has 0 saturated heterocycles. The third-order valence-corrected chi connectivity index (χ3v) is 5.63. The van der Waals surface area contributed by atoms with Gasteiger partial charge in [-0.25, -0.2) is 9.97 Å². The van der Waals surface area contributed by atoms with E-state index in [1.165, 1.54) is 0 Å². The number of rotatable bonds is 8. The van der Waals surface area contributed by atoms with Crippen molar-refractivity contribution < 1.29 is 14.3 Å². The number of hydrogen-bond acceptors (Lipinski definition) is 7. The first kappa shape index (κ1) is 21.6. The van der Waals surface area contributed by atoms with Gasteiger partial charge in [-0.3, -0.25) is 4.79 Å². The van der Waals surface area contributed by atoms with Gasteiger partial charge < -0.3 is 20.1 Å². The predicted molar refractivity (Wildman–Crippen MR) is 129 cm³/mol. The van der Waals surface area contributed by atoms with E-state index in [1.807, 2.05) is 45.0 Å². The van der Waals surface area contributed by atoms with Gasteiger partial charge >= 0.3 is 0 Å². The van der Waals surface area contributed by atoms with Crippen LogP contribution in [0.15, 0.2) is 54.9 Å². The molecule has 0 bridgehead atoms. The molecule has 164 valence electrons. The molecule has 0 spiro atoms. The van der Waals surface area contributed by atoms with Crippen molar-refractivity contribution >= 4 is 44.7 Å². The van der Waals surface area contributed by atoms with Crippen molar-refractivity contribution in [3.05, 3.63) is 65.3 Å². The smallest absolute Gasteiger partial charge is 0.255 e. The Hall–Kier alpha value is -3.65. The molecule has 2 aromatic carbocycles. The Balaban J connectivity index is 1.72. The minimum atomic E-state index is -0.221. The van der Waals surface area contributed by atoms with E-state index in [2.05, 4.69) is 26.7 Å². The molecule has 1 amide bonds. The molecular weight excluding hydrogens is 424 g/mol. The van der Waals surface area contributed by atoms with Gasteiger partial charge in [0.1, 0.15) is 28.5 Å². The van der Waals surface area contributed by atoms with E-state index in [9.17, 15) is 4.79 Å². The standard InChI is InChI=1S/C24H24N4O3S/c1-4-30-20-13-19(28-23(29)16-9-7-6-8-10-16)21(31-5-2)12-18(20)27-22-17-11-15(3)32-24(17)26-14-25-22/h6-14H,4-5H2,1-3H3,(H,28,29)(H,25,26,27). The highest BCUT2D eigenvalue weighted by Gasteiger charge is 2.17. The third kappa shape index (κ3) is 4.65. The van der Waals surface area contributed by atoms with Crippen LogP contribution in [0.5, 0.6) is 11.5 Å². The van der Waals surface area contributed by atoms with Crippen molar-refractivity contribution in [3.8, 4) is 11.5 Å². The number of anilines is 3. The lowest BCUT2D eigenvalue weighted by Crippen LogP contribution is -2.13. The van der Waals surface area contributed by atoms with E-state index in [0.717, 1.165) is 15.1 Å². The summed E-state index contributed by atoms with van der Waals surface area (Å²) in [5.74, 6) is 1.58. The van der Waals surface area contributed by atoms with Crippen LogP contribution in [0.3, 0.4) is 0 Å². The normalized spacial score (nSPS) is 10.7.